The van der Waals surface area contributed by atoms with Crippen LogP contribution in [0.3, 0.4) is 0 Å². The van der Waals surface area contributed by atoms with Crippen LogP contribution in [0.5, 0.6) is 5.75 Å². The molecule has 0 saturated heterocycles. The van der Waals surface area contributed by atoms with Crippen LogP contribution < -0.4 is 10.1 Å². The van der Waals surface area contributed by atoms with Crippen molar-refractivity contribution in [2.24, 2.45) is 5.92 Å². The largest absolute Gasteiger partial charge is 0.493 e. The first kappa shape index (κ1) is 16.0. The molecule has 0 unspecified atom stereocenters. The Morgan fingerprint density at radius 2 is 2.14 bits per heavy atom. The number of hydrogen-bond donors (Lipinski definition) is 1. The summed E-state index contributed by atoms with van der Waals surface area (Å²) in [5.74, 6) is 1.12. The summed E-state index contributed by atoms with van der Waals surface area (Å²) in [6.45, 7) is 6.45. The first-order valence-corrected chi connectivity index (χ1v) is 8.17. The lowest BCUT2D eigenvalue weighted by molar-refractivity contribution is 0.317. The average Bonchev–Trinajstić information content (AvgIpc) is 2.94. The maximum Gasteiger partial charge on any atom is 0.123 e. The molecule has 4 heteroatoms. The highest BCUT2D eigenvalue weighted by molar-refractivity contribution is 7.09. The molecule has 1 aromatic carbocycles. The third-order valence-corrected chi connectivity index (χ3v) is 4.01. The van der Waals surface area contributed by atoms with Gasteiger partial charge in [0.25, 0.3) is 0 Å². The van der Waals surface area contributed by atoms with Gasteiger partial charge in [0.1, 0.15) is 11.6 Å². The fourth-order valence-corrected chi connectivity index (χ4v) is 2.73. The second-order valence-corrected chi connectivity index (χ2v) is 6.49. The lowest BCUT2D eigenvalue weighted by Gasteiger charge is -2.13. The highest BCUT2D eigenvalue weighted by Crippen LogP contribution is 2.20. The molecule has 0 aliphatic carbocycles. The highest BCUT2D eigenvalue weighted by atomic mass is 32.1. The van der Waals surface area contributed by atoms with Gasteiger partial charge >= 0.3 is 0 Å². The van der Waals surface area contributed by atoms with Crippen LogP contribution in [-0.4, -0.2) is 13.2 Å². The van der Waals surface area contributed by atoms with Gasteiger partial charge in [-0.3, -0.25) is 0 Å². The van der Waals surface area contributed by atoms with E-state index in [2.05, 4.69) is 30.6 Å². The van der Waals surface area contributed by atoms with Crippen LogP contribution in [0.4, 0.5) is 4.39 Å². The fraction of sp³-hybridized carbons (Fsp3) is 0.412. The van der Waals surface area contributed by atoms with Crippen molar-refractivity contribution in [3.05, 3.63) is 52.0 Å². The highest BCUT2D eigenvalue weighted by Gasteiger charge is 2.06. The van der Waals surface area contributed by atoms with Crippen molar-refractivity contribution >= 4 is 11.3 Å². The predicted molar refractivity (Wildman–Crippen MR) is 86.5 cm³/mol. The minimum atomic E-state index is -0.220. The molecule has 0 fully saturated rings. The molecule has 1 heterocycles. The van der Waals surface area contributed by atoms with E-state index >= 15 is 0 Å². The van der Waals surface area contributed by atoms with Gasteiger partial charge in [0, 0.05) is 23.4 Å². The van der Waals surface area contributed by atoms with Gasteiger partial charge in [0.05, 0.1) is 6.61 Å². The van der Waals surface area contributed by atoms with Gasteiger partial charge in [0.15, 0.2) is 0 Å². The summed E-state index contributed by atoms with van der Waals surface area (Å²) >= 11 is 1.73. The molecule has 2 rings (SSSR count). The third kappa shape index (κ3) is 5.48. The van der Waals surface area contributed by atoms with Crippen molar-refractivity contribution in [1.82, 2.24) is 5.32 Å². The van der Waals surface area contributed by atoms with Crippen LogP contribution in [0.2, 0.25) is 0 Å². The molecule has 21 heavy (non-hydrogen) atoms. The van der Waals surface area contributed by atoms with Crippen molar-refractivity contribution in [2.75, 3.05) is 13.2 Å². The van der Waals surface area contributed by atoms with Gasteiger partial charge in [-0.05, 0) is 42.1 Å². The van der Waals surface area contributed by atoms with E-state index in [1.807, 2.05) is 6.07 Å². The van der Waals surface area contributed by atoms with E-state index in [0.717, 1.165) is 24.3 Å². The molecule has 2 aromatic rings. The minimum absolute atomic E-state index is 0.220. The Bertz CT molecular complexity index is 540. The van der Waals surface area contributed by atoms with Crippen molar-refractivity contribution < 1.29 is 9.13 Å². The van der Waals surface area contributed by atoms with E-state index < -0.39 is 0 Å². The van der Waals surface area contributed by atoms with Crippen LogP contribution in [0.15, 0.2) is 35.7 Å². The predicted octanol–water partition coefficient (Wildman–Crippen LogP) is 4.25. The van der Waals surface area contributed by atoms with Crippen LogP contribution in [-0.2, 0) is 13.0 Å². The monoisotopic (exact) mass is 307 g/mol. The van der Waals surface area contributed by atoms with Crippen molar-refractivity contribution in [1.29, 1.82) is 0 Å². The van der Waals surface area contributed by atoms with E-state index in [0.29, 0.717) is 19.1 Å². The second kappa shape index (κ2) is 8.15. The van der Waals surface area contributed by atoms with E-state index in [1.54, 1.807) is 23.5 Å². The number of halogens is 1. The fourth-order valence-electron chi connectivity index (χ4n) is 2.04. The molecular formula is C17H22FNOS. The number of benzene rings is 1. The first-order chi connectivity index (χ1) is 10.1. The first-order valence-electron chi connectivity index (χ1n) is 7.29. The topological polar surface area (TPSA) is 21.3 Å². The van der Waals surface area contributed by atoms with Gasteiger partial charge in [-0.2, -0.15) is 0 Å². The molecule has 0 atom stereocenters. The van der Waals surface area contributed by atoms with Crippen LogP contribution in [0, 0.1) is 11.7 Å². The standard InChI is InChI=1S/C17H22FNOS/c1-13(2)11-19-12-14-10-15(18)5-6-17(14)20-8-7-16-4-3-9-21-16/h3-6,9-10,13,19H,7-8,11-12H2,1-2H3. The van der Waals surface area contributed by atoms with Crippen LogP contribution in [0.1, 0.15) is 24.3 Å². The quantitative estimate of drug-likeness (QED) is 0.787. The van der Waals surface area contributed by atoms with Crippen molar-refractivity contribution in [3.63, 3.8) is 0 Å². The van der Waals surface area contributed by atoms with E-state index in [9.17, 15) is 4.39 Å². The van der Waals surface area contributed by atoms with Gasteiger partial charge in [0.2, 0.25) is 0 Å². The Balaban J connectivity index is 1.90. The van der Waals surface area contributed by atoms with Gasteiger partial charge < -0.3 is 10.1 Å². The zero-order valence-corrected chi connectivity index (χ0v) is 13.4. The van der Waals surface area contributed by atoms with Crippen LogP contribution in [0.25, 0.3) is 0 Å². The summed E-state index contributed by atoms with van der Waals surface area (Å²) in [4.78, 5) is 1.30. The van der Waals surface area contributed by atoms with E-state index in [-0.39, 0.29) is 5.82 Å². The zero-order chi connectivity index (χ0) is 15.1. The lowest BCUT2D eigenvalue weighted by Crippen LogP contribution is -2.19. The van der Waals surface area contributed by atoms with E-state index in [4.69, 9.17) is 4.74 Å². The molecule has 1 aromatic heterocycles. The molecule has 0 radical (unpaired) electrons. The zero-order valence-electron chi connectivity index (χ0n) is 12.6. The summed E-state index contributed by atoms with van der Waals surface area (Å²) in [6.07, 6.45) is 0.883. The second-order valence-electron chi connectivity index (χ2n) is 5.45. The number of nitrogens with one attached hydrogen (secondary N) is 1. The summed E-state index contributed by atoms with van der Waals surface area (Å²) in [7, 11) is 0. The molecule has 114 valence electrons. The normalized spacial score (nSPS) is 11.0. The smallest absolute Gasteiger partial charge is 0.123 e. The van der Waals surface area contributed by atoms with Crippen molar-refractivity contribution in [2.45, 2.75) is 26.8 Å². The molecule has 0 bridgehead atoms. The maximum atomic E-state index is 13.4. The molecule has 2 nitrogen and oxygen atoms in total. The Morgan fingerprint density at radius 3 is 2.86 bits per heavy atom. The molecule has 1 N–H and O–H groups in total. The third-order valence-electron chi connectivity index (χ3n) is 3.08. The Hall–Kier alpha value is -1.39. The average molecular weight is 307 g/mol. The summed E-state index contributed by atoms with van der Waals surface area (Å²) in [5.41, 5.74) is 0.877. The minimum Gasteiger partial charge on any atom is -0.493 e. The Kier molecular flexibility index (Phi) is 6.21. The number of ether oxygens (including phenoxy) is 1. The number of thiophene rings is 1. The molecular weight excluding hydrogens is 285 g/mol. The summed E-state index contributed by atoms with van der Waals surface area (Å²) in [5, 5.41) is 5.39. The van der Waals surface area contributed by atoms with Gasteiger partial charge in [-0.15, -0.1) is 11.3 Å². The number of rotatable bonds is 8. The maximum absolute atomic E-state index is 13.4. The lowest BCUT2D eigenvalue weighted by atomic mass is 10.1. The Morgan fingerprint density at radius 1 is 1.29 bits per heavy atom. The SMILES string of the molecule is CC(C)CNCc1cc(F)ccc1OCCc1cccs1. The van der Waals surface area contributed by atoms with Gasteiger partial charge in [-0.1, -0.05) is 19.9 Å². The van der Waals surface area contributed by atoms with E-state index in [1.165, 1.54) is 10.9 Å². The molecule has 0 amide bonds. The van der Waals surface area contributed by atoms with Gasteiger partial charge in [-0.25, -0.2) is 4.39 Å². The summed E-state index contributed by atoms with van der Waals surface area (Å²) in [6, 6.07) is 8.86. The molecule has 0 aliphatic heterocycles. The molecule has 0 aliphatic rings. The molecule has 0 spiro atoms. The molecule has 0 saturated carbocycles. The Labute approximate surface area is 130 Å². The summed E-state index contributed by atoms with van der Waals surface area (Å²) < 4.78 is 19.2. The van der Waals surface area contributed by atoms with Crippen molar-refractivity contribution in [3.8, 4) is 5.75 Å². The van der Waals surface area contributed by atoms with Crippen LogP contribution >= 0.6 is 11.3 Å². The number of hydrogen-bond acceptors (Lipinski definition) is 3.